The maximum atomic E-state index is 11.4. The van der Waals surface area contributed by atoms with E-state index in [0.29, 0.717) is 5.56 Å². The zero-order chi connectivity index (χ0) is 14.1. The fourth-order valence-corrected chi connectivity index (χ4v) is 3.24. The van der Waals surface area contributed by atoms with Gasteiger partial charge < -0.3 is 11.1 Å². The fourth-order valence-electron chi connectivity index (χ4n) is 2.66. The molecule has 1 aliphatic carbocycles. The number of rotatable bonds is 3. The maximum absolute atomic E-state index is 11.4. The molecule has 4 nitrogen and oxygen atoms in total. The number of hydrogen-bond donors (Lipinski definition) is 2. The topological polar surface area (TPSA) is 68.0 Å². The lowest BCUT2D eigenvalue weighted by molar-refractivity contribution is 0.100. The van der Waals surface area contributed by atoms with Gasteiger partial charge in [0.05, 0.1) is 17.3 Å². The highest BCUT2D eigenvalue weighted by atomic mass is 79.9. The first-order valence-corrected chi connectivity index (χ1v) is 7.24. The van der Waals surface area contributed by atoms with E-state index in [4.69, 9.17) is 5.73 Å². The molecular formula is C15H14BrN3O. The fraction of sp³-hybridized carbons (Fsp3) is 0.200. The predicted octanol–water partition coefficient (Wildman–Crippen LogP) is 3.04. The first-order valence-electron chi connectivity index (χ1n) is 6.44. The van der Waals surface area contributed by atoms with Crippen LogP contribution in [0.1, 0.15) is 33.9 Å². The molecule has 1 atom stereocenters. The number of aromatic nitrogens is 1. The molecule has 1 aliphatic rings. The van der Waals surface area contributed by atoms with Crippen LogP contribution in [0.2, 0.25) is 0 Å². The number of benzene rings is 1. The number of halogens is 1. The van der Waals surface area contributed by atoms with Gasteiger partial charge in [0.2, 0.25) is 0 Å². The van der Waals surface area contributed by atoms with Crippen molar-refractivity contribution in [2.24, 2.45) is 5.73 Å². The highest BCUT2D eigenvalue weighted by Gasteiger charge is 2.24. The molecule has 0 saturated carbocycles. The minimum absolute atomic E-state index is 0.197. The quantitative estimate of drug-likeness (QED) is 0.908. The minimum atomic E-state index is -0.465. The second kappa shape index (κ2) is 5.25. The molecule has 3 N–H and O–H groups in total. The van der Waals surface area contributed by atoms with Gasteiger partial charge in [0.15, 0.2) is 0 Å². The minimum Gasteiger partial charge on any atom is -0.377 e. The van der Waals surface area contributed by atoms with Crippen LogP contribution in [-0.2, 0) is 6.42 Å². The third-order valence-corrected chi connectivity index (χ3v) is 4.37. The Bertz CT molecular complexity index is 672. The Labute approximate surface area is 125 Å². The van der Waals surface area contributed by atoms with Crippen molar-refractivity contribution < 1.29 is 4.79 Å². The summed E-state index contributed by atoms with van der Waals surface area (Å²) < 4.78 is 1.14. The Balaban J connectivity index is 1.92. The number of nitrogens with two attached hydrogens (primary N) is 1. The van der Waals surface area contributed by atoms with E-state index in [-0.39, 0.29) is 6.04 Å². The summed E-state index contributed by atoms with van der Waals surface area (Å²) in [4.78, 5) is 15.4. The Morgan fingerprint density at radius 2 is 2.25 bits per heavy atom. The maximum Gasteiger partial charge on any atom is 0.252 e. The molecule has 0 aliphatic heterocycles. The molecule has 1 heterocycles. The standard InChI is InChI=1S/C15H14BrN3O/c16-12-3-1-2-10-9(12)4-5-13(10)19-14-6-7-18-8-11(14)15(17)20/h1-3,6-8,13H,4-5H2,(H2,17,20)(H,18,19). The summed E-state index contributed by atoms with van der Waals surface area (Å²) in [5, 5.41) is 3.41. The molecule has 3 rings (SSSR count). The highest BCUT2D eigenvalue weighted by molar-refractivity contribution is 9.10. The number of fused-ring (bicyclic) bond motifs is 1. The van der Waals surface area contributed by atoms with Crippen LogP contribution < -0.4 is 11.1 Å². The number of anilines is 1. The first-order chi connectivity index (χ1) is 9.66. The molecule has 1 unspecified atom stereocenters. The first kappa shape index (κ1) is 13.1. The molecule has 0 spiro atoms. The van der Waals surface area contributed by atoms with Crippen molar-refractivity contribution in [2.45, 2.75) is 18.9 Å². The average molecular weight is 332 g/mol. The van der Waals surface area contributed by atoms with Gasteiger partial charge in [-0.15, -0.1) is 0 Å². The van der Waals surface area contributed by atoms with E-state index in [9.17, 15) is 4.79 Å². The Hall–Kier alpha value is -1.88. The molecule has 1 aromatic heterocycles. The van der Waals surface area contributed by atoms with Crippen molar-refractivity contribution >= 4 is 27.5 Å². The van der Waals surface area contributed by atoms with Crippen molar-refractivity contribution in [3.05, 3.63) is 57.8 Å². The van der Waals surface area contributed by atoms with Gasteiger partial charge in [-0.1, -0.05) is 28.1 Å². The molecule has 1 aromatic carbocycles. The lowest BCUT2D eigenvalue weighted by Gasteiger charge is -2.17. The van der Waals surface area contributed by atoms with E-state index < -0.39 is 5.91 Å². The van der Waals surface area contributed by atoms with Crippen LogP contribution in [0.15, 0.2) is 41.1 Å². The molecule has 0 saturated heterocycles. The summed E-state index contributed by atoms with van der Waals surface area (Å²) in [6, 6.07) is 8.20. The van der Waals surface area contributed by atoms with Gasteiger partial charge in [0.25, 0.3) is 5.91 Å². The molecule has 0 fully saturated rings. The van der Waals surface area contributed by atoms with Crippen molar-refractivity contribution in [2.75, 3.05) is 5.32 Å². The van der Waals surface area contributed by atoms with Gasteiger partial charge in [-0.25, -0.2) is 0 Å². The van der Waals surface area contributed by atoms with Crippen LogP contribution in [0.5, 0.6) is 0 Å². The highest BCUT2D eigenvalue weighted by Crippen LogP contribution is 2.37. The van der Waals surface area contributed by atoms with E-state index in [0.717, 1.165) is 23.0 Å². The normalized spacial score (nSPS) is 16.8. The van der Waals surface area contributed by atoms with E-state index in [1.54, 1.807) is 12.3 Å². The molecule has 2 aromatic rings. The average Bonchev–Trinajstić information content (AvgIpc) is 2.84. The van der Waals surface area contributed by atoms with Gasteiger partial charge in [0.1, 0.15) is 0 Å². The summed E-state index contributed by atoms with van der Waals surface area (Å²) >= 11 is 3.59. The second-order valence-corrected chi connectivity index (χ2v) is 5.68. The van der Waals surface area contributed by atoms with E-state index >= 15 is 0 Å². The number of hydrogen-bond acceptors (Lipinski definition) is 3. The Morgan fingerprint density at radius 1 is 1.40 bits per heavy atom. The third-order valence-electron chi connectivity index (χ3n) is 3.63. The van der Waals surface area contributed by atoms with Crippen LogP contribution in [-0.4, -0.2) is 10.9 Å². The number of amides is 1. The molecule has 5 heteroatoms. The van der Waals surface area contributed by atoms with Gasteiger partial charge in [-0.05, 0) is 36.1 Å². The summed E-state index contributed by atoms with van der Waals surface area (Å²) in [6.07, 6.45) is 5.18. The largest absolute Gasteiger partial charge is 0.377 e. The number of primary amides is 1. The van der Waals surface area contributed by atoms with E-state index in [2.05, 4.69) is 38.4 Å². The molecule has 102 valence electrons. The molecular weight excluding hydrogens is 318 g/mol. The Kier molecular flexibility index (Phi) is 3.44. The number of carbonyl (C=O) groups is 1. The monoisotopic (exact) mass is 331 g/mol. The lowest BCUT2D eigenvalue weighted by atomic mass is 10.1. The van der Waals surface area contributed by atoms with Crippen LogP contribution in [0.25, 0.3) is 0 Å². The van der Waals surface area contributed by atoms with E-state index in [1.165, 1.54) is 17.3 Å². The molecule has 0 radical (unpaired) electrons. The Morgan fingerprint density at radius 3 is 3.05 bits per heavy atom. The number of nitrogens with one attached hydrogen (secondary N) is 1. The van der Waals surface area contributed by atoms with Gasteiger partial charge in [0, 0.05) is 16.9 Å². The number of pyridine rings is 1. The van der Waals surface area contributed by atoms with Gasteiger partial charge in [-0.3, -0.25) is 9.78 Å². The smallest absolute Gasteiger partial charge is 0.252 e. The van der Waals surface area contributed by atoms with Crippen LogP contribution >= 0.6 is 15.9 Å². The zero-order valence-corrected chi connectivity index (χ0v) is 12.4. The summed E-state index contributed by atoms with van der Waals surface area (Å²) in [6.45, 7) is 0. The SMILES string of the molecule is NC(=O)c1cnccc1NC1CCc2c(Br)cccc21. The zero-order valence-electron chi connectivity index (χ0n) is 10.8. The summed E-state index contributed by atoms with van der Waals surface area (Å²) in [5.41, 5.74) is 9.15. The third kappa shape index (κ3) is 2.29. The van der Waals surface area contributed by atoms with Crippen LogP contribution in [0.3, 0.4) is 0 Å². The van der Waals surface area contributed by atoms with Crippen molar-refractivity contribution in [3.8, 4) is 0 Å². The predicted molar refractivity (Wildman–Crippen MR) is 81.6 cm³/mol. The van der Waals surface area contributed by atoms with E-state index in [1.807, 2.05) is 6.07 Å². The molecule has 0 bridgehead atoms. The van der Waals surface area contributed by atoms with Crippen LogP contribution in [0, 0.1) is 0 Å². The lowest BCUT2D eigenvalue weighted by Crippen LogP contribution is -2.16. The van der Waals surface area contributed by atoms with Crippen molar-refractivity contribution in [1.29, 1.82) is 0 Å². The number of carbonyl (C=O) groups excluding carboxylic acids is 1. The second-order valence-electron chi connectivity index (χ2n) is 4.83. The van der Waals surface area contributed by atoms with Crippen molar-refractivity contribution in [3.63, 3.8) is 0 Å². The summed E-state index contributed by atoms with van der Waals surface area (Å²) in [7, 11) is 0. The van der Waals surface area contributed by atoms with Gasteiger partial charge >= 0.3 is 0 Å². The van der Waals surface area contributed by atoms with Crippen molar-refractivity contribution in [1.82, 2.24) is 4.98 Å². The summed E-state index contributed by atoms with van der Waals surface area (Å²) in [5.74, 6) is -0.465. The van der Waals surface area contributed by atoms with Crippen LogP contribution in [0.4, 0.5) is 5.69 Å². The molecule has 1 amide bonds. The molecule has 20 heavy (non-hydrogen) atoms. The number of nitrogens with zero attached hydrogens (tertiary/aromatic N) is 1. The van der Waals surface area contributed by atoms with Gasteiger partial charge in [-0.2, -0.15) is 0 Å².